The van der Waals surface area contributed by atoms with E-state index in [1.807, 2.05) is 0 Å². The molecule has 2 rings (SSSR count). The average molecular weight is 997 g/mol. The normalized spacial score (nSPS) is 25.3. The quantitative estimate of drug-likeness (QED) is 0.0132. The molecule has 0 aliphatic carbocycles. The molecule has 0 saturated carbocycles. The summed E-state index contributed by atoms with van der Waals surface area (Å²) < 4.78 is 33.6. The van der Waals surface area contributed by atoms with Crippen LogP contribution < -0.4 is 0 Å². The van der Waals surface area contributed by atoms with Crippen molar-refractivity contribution in [3.8, 4) is 0 Å². The first-order chi connectivity index (χ1) is 34.0. The number of carbonyl (C=O) groups excluding carboxylic acids is 2. The number of ether oxygens (including phenoxy) is 6. The number of aliphatic hydroxyl groups excluding tert-OH is 7. The maximum Gasteiger partial charge on any atom is 0.306 e. The van der Waals surface area contributed by atoms with Crippen LogP contribution in [0.25, 0.3) is 0 Å². The van der Waals surface area contributed by atoms with Gasteiger partial charge in [-0.2, -0.15) is 0 Å². The molecule has 0 aromatic rings. The fourth-order valence-corrected chi connectivity index (χ4v) is 8.34. The average Bonchev–Trinajstić information content (AvgIpc) is 3.35. The topological polar surface area (TPSA) is 231 Å². The summed E-state index contributed by atoms with van der Waals surface area (Å²) >= 11 is 0. The van der Waals surface area contributed by atoms with Gasteiger partial charge in [-0.15, -0.1) is 5.73 Å². The number of rotatable bonds is 42. The van der Waals surface area contributed by atoms with Crippen LogP contribution in [-0.4, -0.2) is 142 Å². The highest BCUT2D eigenvalue weighted by Crippen LogP contribution is 2.26. The number of aliphatic hydroxyl groups is 7. The molecular weight excluding hydrogens is 901 g/mol. The van der Waals surface area contributed by atoms with Crippen molar-refractivity contribution in [2.75, 3.05) is 26.4 Å². The molecule has 0 bridgehead atoms. The molecule has 2 saturated heterocycles. The summed E-state index contributed by atoms with van der Waals surface area (Å²) in [6.07, 6.45) is 26.5. The minimum absolute atomic E-state index is 0.155. The van der Waals surface area contributed by atoms with Gasteiger partial charge in [0.25, 0.3) is 0 Å². The molecule has 0 aromatic heterocycles. The number of allylic oxidation sites excluding steroid dienone is 5. The molecule has 2 aliphatic heterocycles. The molecule has 11 atom stereocenters. The Labute approximate surface area is 420 Å². The molecule has 70 heavy (non-hydrogen) atoms. The molecule has 0 aromatic carbocycles. The van der Waals surface area contributed by atoms with Crippen LogP contribution in [0.1, 0.15) is 200 Å². The number of hydrogen-bond donors (Lipinski definition) is 7. The van der Waals surface area contributed by atoms with Gasteiger partial charge in [-0.25, -0.2) is 0 Å². The maximum absolute atomic E-state index is 13.0. The van der Waals surface area contributed by atoms with Crippen LogP contribution in [0.4, 0.5) is 0 Å². The van der Waals surface area contributed by atoms with Gasteiger partial charge < -0.3 is 64.2 Å². The standard InChI is InChI=1S/C55H96O15/c1-3-5-7-9-11-13-15-17-19-20-21-22-24-26-28-30-32-34-36-38-47(58)68-43(40-65-46(57)37-35-33-31-29-27-25-23-18-16-14-12-10-8-6-4-2)41-66-54-53(64)51(62)49(60)45(70-54)42-67-55-52(63)50(61)48(59)44(39-56)69-55/h11,13,16-17,19,23,43-45,48-56,59-64H,3-10,12,14-15,20-22,24-42H2,1-2H3/b13-11+,19-17+/t18?,43-,44+,45+,48-,49-,50?,51?,52?,53?,54+,55+/m1/s1. The van der Waals surface area contributed by atoms with Crippen molar-refractivity contribution < 1.29 is 73.8 Å². The Bertz CT molecular complexity index is 1420. The van der Waals surface area contributed by atoms with Crippen LogP contribution in [0, 0.1) is 0 Å². The summed E-state index contributed by atoms with van der Waals surface area (Å²) in [4.78, 5) is 25.8. The predicted octanol–water partition coefficient (Wildman–Crippen LogP) is 8.26. The molecule has 0 spiro atoms. The van der Waals surface area contributed by atoms with Crippen molar-refractivity contribution in [1.29, 1.82) is 0 Å². The first kappa shape index (κ1) is 63.6. The molecule has 0 radical (unpaired) electrons. The van der Waals surface area contributed by atoms with E-state index in [1.54, 1.807) is 0 Å². The molecule has 2 fully saturated rings. The number of esters is 2. The van der Waals surface area contributed by atoms with Gasteiger partial charge in [-0.1, -0.05) is 141 Å². The van der Waals surface area contributed by atoms with E-state index in [0.29, 0.717) is 12.8 Å². The molecule has 7 N–H and O–H groups in total. The van der Waals surface area contributed by atoms with Crippen molar-refractivity contribution in [3.63, 3.8) is 0 Å². The fourth-order valence-electron chi connectivity index (χ4n) is 8.34. The summed E-state index contributed by atoms with van der Waals surface area (Å²) in [5.41, 5.74) is 3.29. The zero-order valence-corrected chi connectivity index (χ0v) is 43.0. The van der Waals surface area contributed by atoms with Gasteiger partial charge in [0, 0.05) is 12.8 Å². The minimum Gasteiger partial charge on any atom is -0.462 e. The zero-order valence-electron chi connectivity index (χ0n) is 43.0. The van der Waals surface area contributed by atoms with E-state index in [4.69, 9.17) is 28.4 Å². The van der Waals surface area contributed by atoms with Crippen LogP contribution in [-0.2, 0) is 38.0 Å². The van der Waals surface area contributed by atoms with Gasteiger partial charge in [0.15, 0.2) is 18.7 Å². The first-order valence-electron chi connectivity index (χ1n) is 27.3. The van der Waals surface area contributed by atoms with Crippen molar-refractivity contribution in [2.24, 2.45) is 0 Å². The fraction of sp³-hybridized carbons (Fsp3) is 0.836. The highest BCUT2D eigenvalue weighted by Gasteiger charge is 2.47. The largest absolute Gasteiger partial charge is 0.462 e. The third kappa shape index (κ3) is 29.3. The van der Waals surface area contributed by atoms with Crippen LogP contribution in [0.2, 0.25) is 0 Å². The van der Waals surface area contributed by atoms with E-state index in [2.05, 4.69) is 56.0 Å². The van der Waals surface area contributed by atoms with Crippen LogP contribution in [0.3, 0.4) is 0 Å². The Morgan fingerprint density at radius 3 is 1.50 bits per heavy atom. The first-order valence-corrected chi connectivity index (χ1v) is 27.3. The van der Waals surface area contributed by atoms with E-state index >= 15 is 0 Å². The second-order valence-corrected chi connectivity index (χ2v) is 19.2. The Hall–Kier alpha value is -2.50. The molecule has 0 amide bonds. The molecule has 406 valence electrons. The molecule has 2 aliphatic rings. The molecule has 15 heteroatoms. The van der Waals surface area contributed by atoms with E-state index in [-0.39, 0.29) is 26.1 Å². The van der Waals surface area contributed by atoms with Gasteiger partial charge in [-0.05, 0) is 82.8 Å². The van der Waals surface area contributed by atoms with E-state index in [9.17, 15) is 45.3 Å². The Kier molecular flexibility index (Phi) is 38.1. The van der Waals surface area contributed by atoms with Gasteiger partial charge in [-0.3, -0.25) is 9.59 Å². The van der Waals surface area contributed by atoms with Crippen LogP contribution in [0.5, 0.6) is 0 Å². The third-order valence-corrected chi connectivity index (χ3v) is 12.9. The maximum atomic E-state index is 13.0. The summed E-state index contributed by atoms with van der Waals surface area (Å²) in [5, 5.41) is 72.2. The van der Waals surface area contributed by atoms with Gasteiger partial charge >= 0.3 is 11.9 Å². The third-order valence-electron chi connectivity index (χ3n) is 12.9. The van der Waals surface area contributed by atoms with Gasteiger partial charge in [0.2, 0.25) is 0 Å². The van der Waals surface area contributed by atoms with E-state index in [0.717, 1.165) is 77.0 Å². The lowest BCUT2D eigenvalue weighted by Gasteiger charge is -2.42. The summed E-state index contributed by atoms with van der Waals surface area (Å²) in [6, 6.07) is 0. The molecule has 4 unspecified atom stereocenters. The Morgan fingerprint density at radius 1 is 0.500 bits per heavy atom. The monoisotopic (exact) mass is 997 g/mol. The van der Waals surface area contributed by atoms with Crippen molar-refractivity contribution in [1.82, 2.24) is 0 Å². The molecular formula is C55H96O15. The van der Waals surface area contributed by atoms with Gasteiger partial charge in [0.1, 0.15) is 55.4 Å². The highest BCUT2D eigenvalue weighted by atomic mass is 16.7. The van der Waals surface area contributed by atoms with Crippen molar-refractivity contribution in [3.05, 3.63) is 42.2 Å². The number of unbranched alkanes of at least 4 members (excludes halogenated alkanes) is 22. The number of hydrogen-bond acceptors (Lipinski definition) is 15. The van der Waals surface area contributed by atoms with Crippen LogP contribution in [0.15, 0.2) is 42.2 Å². The van der Waals surface area contributed by atoms with Crippen molar-refractivity contribution >= 4 is 11.9 Å². The Morgan fingerprint density at radius 2 is 0.943 bits per heavy atom. The number of carbonyl (C=O) groups is 2. The Balaban J connectivity index is 1.79. The van der Waals surface area contributed by atoms with Crippen molar-refractivity contribution in [2.45, 2.75) is 268 Å². The lowest BCUT2D eigenvalue weighted by molar-refractivity contribution is -0.332. The second-order valence-electron chi connectivity index (χ2n) is 19.2. The molecule has 15 nitrogen and oxygen atoms in total. The second kappa shape index (κ2) is 41.9. The van der Waals surface area contributed by atoms with E-state index < -0.39 is 92.7 Å². The molecule has 2 heterocycles. The van der Waals surface area contributed by atoms with Gasteiger partial charge in [0.05, 0.1) is 19.8 Å². The summed E-state index contributed by atoms with van der Waals surface area (Å²) in [7, 11) is 0. The van der Waals surface area contributed by atoms with Crippen LogP contribution >= 0.6 is 0 Å². The summed E-state index contributed by atoms with van der Waals surface area (Å²) in [5.74, 6) is -0.948. The van der Waals surface area contributed by atoms with E-state index in [1.165, 1.54) is 83.5 Å². The minimum atomic E-state index is -1.77. The smallest absolute Gasteiger partial charge is 0.306 e. The summed E-state index contributed by atoms with van der Waals surface area (Å²) in [6.45, 7) is 2.53. The lowest BCUT2D eigenvalue weighted by atomic mass is 9.98. The lowest BCUT2D eigenvalue weighted by Crippen LogP contribution is -2.61. The highest BCUT2D eigenvalue weighted by molar-refractivity contribution is 5.70. The predicted molar refractivity (Wildman–Crippen MR) is 269 cm³/mol. The zero-order chi connectivity index (χ0) is 51.0. The SMILES string of the molecule is CCCCC/C=C/C/C=C/CCCCCCCCCCCC(=O)O[C@H](COC(=O)CCCCCCCC=C=CCCCCCCC)CO[C@H]1O[C@@H](CO[C@H]2O[C@@H](CO)[C@@H](O)C(O)C2O)[C@@H](O)C(O)C1O.